The van der Waals surface area contributed by atoms with E-state index in [9.17, 15) is 5.11 Å². The van der Waals surface area contributed by atoms with Crippen LogP contribution in [0.5, 0.6) is 0 Å². The van der Waals surface area contributed by atoms with Gasteiger partial charge in [-0.15, -0.1) is 0 Å². The van der Waals surface area contributed by atoms with E-state index in [-0.39, 0.29) is 0 Å². The van der Waals surface area contributed by atoms with E-state index in [2.05, 4.69) is 18.7 Å². The molecule has 1 aliphatic rings. The van der Waals surface area contributed by atoms with Crippen LogP contribution in [0.4, 0.5) is 0 Å². The lowest BCUT2D eigenvalue weighted by Gasteiger charge is -2.22. The van der Waals surface area contributed by atoms with E-state index in [1.807, 2.05) is 6.08 Å². The maximum atomic E-state index is 9.66. The van der Waals surface area contributed by atoms with Crippen LogP contribution in [0.1, 0.15) is 26.7 Å². The van der Waals surface area contributed by atoms with Crippen LogP contribution in [0.2, 0.25) is 0 Å². The highest BCUT2D eigenvalue weighted by molar-refractivity contribution is 5.43. The predicted molar refractivity (Wildman–Crippen MR) is 51.9 cm³/mol. The minimum atomic E-state index is -0.798. The molecule has 66 valence electrons. The Hall–Kier alpha value is -0.820. The van der Waals surface area contributed by atoms with Crippen LogP contribution in [0.25, 0.3) is 0 Å². The average Bonchev–Trinajstić information content (AvgIpc) is 2.03. The lowest BCUT2D eigenvalue weighted by molar-refractivity contribution is 0.123. The van der Waals surface area contributed by atoms with Gasteiger partial charge in [-0.05, 0) is 37.8 Å². The molecule has 0 radical (unpaired) electrons. The number of aliphatic hydroxyl groups is 1. The monoisotopic (exact) mass is 164 g/mol. The van der Waals surface area contributed by atoms with Gasteiger partial charge >= 0.3 is 0 Å². The van der Waals surface area contributed by atoms with Gasteiger partial charge in [-0.2, -0.15) is 0 Å². The highest BCUT2D eigenvalue weighted by Crippen LogP contribution is 2.25. The van der Waals surface area contributed by atoms with Gasteiger partial charge in [-0.25, -0.2) is 0 Å². The van der Waals surface area contributed by atoms with Crippen molar-refractivity contribution in [2.45, 2.75) is 32.3 Å². The molecular weight excluding hydrogens is 148 g/mol. The molecule has 1 rings (SSSR count). The lowest BCUT2D eigenvalue weighted by atomic mass is 9.90. The van der Waals surface area contributed by atoms with Gasteiger partial charge in [-0.3, -0.25) is 0 Å². The minimum absolute atomic E-state index is 0.798. The van der Waals surface area contributed by atoms with Crippen molar-refractivity contribution in [3.8, 4) is 0 Å². The van der Waals surface area contributed by atoms with Gasteiger partial charge in [0.1, 0.15) is 0 Å². The molecule has 0 aromatic carbocycles. The molecule has 1 aliphatic carbocycles. The first-order valence-electron chi connectivity index (χ1n) is 4.30. The first kappa shape index (κ1) is 9.27. The molecule has 0 saturated carbocycles. The van der Waals surface area contributed by atoms with E-state index >= 15 is 0 Å². The molecule has 0 aliphatic heterocycles. The van der Waals surface area contributed by atoms with E-state index in [1.165, 1.54) is 0 Å². The molecule has 0 atom stereocenters. The summed E-state index contributed by atoms with van der Waals surface area (Å²) in [4.78, 5) is 0. The molecule has 1 N–H and O–H groups in total. The molecule has 1 nitrogen and oxygen atoms in total. The van der Waals surface area contributed by atoms with Gasteiger partial charge < -0.3 is 5.11 Å². The molecule has 0 amide bonds. The average molecular weight is 164 g/mol. The first-order valence-corrected chi connectivity index (χ1v) is 4.30. The smallest absolute Gasteiger partial charge is 0.0840 e. The molecule has 0 saturated heterocycles. The summed E-state index contributed by atoms with van der Waals surface area (Å²) in [6.45, 7) is 7.41. The van der Waals surface area contributed by atoms with Crippen LogP contribution in [0.3, 0.4) is 0 Å². The molecule has 0 bridgehead atoms. The molecule has 0 aromatic heterocycles. The molecule has 0 unspecified atom stereocenters. The van der Waals surface area contributed by atoms with Crippen LogP contribution in [-0.2, 0) is 0 Å². The number of hydrogen-bond acceptors (Lipinski definition) is 1. The predicted octanol–water partition coefficient (Wildman–Crippen LogP) is 2.59. The Morgan fingerprint density at radius 3 is 2.58 bits per heavy atom. The van der Waals surface area contributed by atoms with Crippen LogP contribution < -0.4 is 0 Å². The van der Waals surface area contributed by atoms with Gasteiger partial charge in [-0.1, -0.05) is 24.8 Å². The molecule has 0 aromatic rings. The lowest BCUT2D eigenvalue weighted by Crippen LogP contribution is -2.22. The normalized spacial score (nSPS) is 17.4. The van der Waals surface area contributed by atoms with E-state index < -0.39 is 5.60 Å². The van der Waals surface area contributed by atoms with Crippen LogP contribution in [0.15, 0.2) is 36.0 Å². The molecule has 12 heavy (non-hydrogen) atoms. The third-order valence-corrected chi connectivity index (χ3v) is 2.08. The van der Waals surface area contributed by atoms with Crippen molar-refractivity contribution in [3.05, 3.63) is 36.0 Å². The van der Waals surface area contributed by atoms with Gasteiger partial charge in [0.2, 0.25) is 0 Å². The third-order valence-electron chi connectivity index (χ3n) is 2.08. The third kappa shape index (κ3) is 2.08. The van der Waals surface area contributed by atoms with Crippen molar-refractivity contribution in [3.63, 3.8) is 0 Å². The standard InChI is InChI=1S/C11H16O/c1-9(11(2,3)12)10-7-5-4-6-8-10/h5,7-8,12H,1,4,6H2,2-3H3. The Bertz CT molecular complexity index is 238. The van der Waals surface area contributed by atoms with Crippen LogP contribution >= 0.6 is 0 Å². The molecule has 0 fully saturated rings. The summed E-state index contributed by atoms with van der Waals surface area (Å²) in [5.41, 5.74) is 1.08. The highest BCUT2D eigenvalue weighted by atomic mass is 16.3. The van der Waals surface area contributed by atoms with Crippen LogP contribution in [-0.4, -0.2) is 10.7 Å². The molecule has 1 heteroatoms. The zero-order valence-electron chi connectivity index (χ0n) is 7.80. The molecular formula is C11H16O. The minimum Gasteiger partial charge on any atom is -0.386 e. The first-order chi connectivity index (χ1) is 5.52. The van der Waals surface area contributed by atoms with E-state index in [4.69, 9.17) is 0 Å². The fourth-order valence-corrected chi connectivity index (χ4v) is 1.19. The summed E-state index contributed by atoms with van der Waals surface area (Å²) in [5, 5.41) is 9.66. The second-order valence-electron chi connectivity index (χ2n) is 3.68. The van der Waals surface area contributed by atoms with Gasteiger partial charge in [0.25, 0.3) is 0 Å². The van der Waals surface area contributed by atoms with Crippen molar-refractivity contribution in [1.82, 2.24) is 0 Å². The Kier molecular flexibility index (Phi) is 2.53. The van der Waals surface area contributed by atoms with E-state index in [0.29, 0.717) is 0 Å². The summed E-state index contributed by atoms with van der Waals surface area (Å²) >= 11 is 0. The number of rotatable bonds is 2. The zero-order valence-corrected chi connectivity index (χ0v) is 7.80. The van der Waals surface area contributed by atoms with Crippen molar-refractivity contribution < 1.29 is 5.11 Å². The highest BCUT2D eigenvalue weighted by Gasteiger charge is 2.19. The second-order valence-corrected chi connectivity index (χ2v) is 3.68. The largest absolute Gasteiger partial charge is 0.386 e. The van der Waals surface area contributed by atoms with E-state index in [1.54, 1.807) is 13.8 Å². The number of allylic oxidation sites excluding steroid dienone is 3. The van der Waals surface area contributed by atoms with Gasteiger partial charge in [0.05, 0.1) is 5.60 Å². The summed E-state index contributed by atoms with van der Waals surface area (Å²) in [7, 11) is 0. The summed E-state index contributed by atoms with van der Waals surface area (Å²) in [5.74, 6) is 0. The fourth-order valence-electron chi connectivity index (χ4n) is 1.19. The van der Waals surface area contributed by atoms with Crippen molar-refractivity contribution in [2.75, 3.05) is 0 Å². The van der Waals surface area contributed by atoms with Crippen molar-refractivity contribution >= 4 is 0 Å². The zero-order chi connectivity index (χ0) is 9.19. The topological polar surface area (TPSA) is 20.2 Å². The second kappa shape index (κ2) is 3.28. The van der Waals surface area contributed by atoms with Crippen LogP contribution in [0, 0.1) is 0 Å². The number of hydrogen-bond donors (Lipinski definition) is 1. The Morgan fingerprint density at radius 2 is 2.17 bits per heavy atom. The SMILES string of the molecule is C=C(C1=CCCC=C1)C(C)(C)O. The fraction of sp³-hybridized carbons (Fsp3) is 0.455. The maximum Gasteiger partial charge on any atom is 0.0840 e. The quantitative estimate of drug-likeness (QED) is 0.665. The van der Waals surface area contributed by atoms with Gasteiger partial charge in [0.15, 0.2) is 0 Å². The van der Waals surface area contributed by atoms with Gasteiger partial charge in [0, 0.05) is 0 Å². The Labute approximate surface area is 74.1 Å². The molecule has 0 heterocycles. The van der Waals surface area contributed by atoms with E-state index in [0.717, 1.165) is 24.0 Å². The van der Waals surface area contributed by atoms with Crippen molar-refractivity contribution in [2.24, 2.45) is 0 Å². The maximum absolute atomic E-state index is 9.66. The summed E-state index contributed by atoms with van der Waals surface area (Å²) < 4.78 is 0. The Morgan fingerprint density at radius 1 is 1.50 bits per heavy atom. The summed E-state index contributed by atoms with van der Waals surface area (Å²) in [6.07, 6.45) is 8.43. The molecule has 0 spiro atoms. The Balaban J connectivity index is 2.77. The van der Waals surface area contributed by atoms with Crippen molar-refractivity contribution in [1.29, 1.82) is 0 Å². The summed E-state index contributed by atoms with van der Waals surface area (Å²) in [6, 6.07) is 0.